The van der Waals surface area contributed by atoms with Gasteiger partial charge in [-0.3, -0.25) is 14.6 Å². The third-order valence-corrected chi connectivity index (χ3v) is 6.00. The van der Waals surface area contributed by atoms with E-state index in [2.05, 4.69) is 22.3 Å². The summed E-state index contributed by atoms with van der Waals surface area (Å²) in [7, 11) is 1.77. The minimum absolute atomic E-state index is 0.00422. The van der Waals surface area contributed by atoms with E-state index in [4.69, 9.17) is 9.26 Å². The van der Waals surface area contributed by atoms with Crippen molar-refractivity contribution in [2.24, 2.45) is 0 Å². The van der Waals surface area contributed by atoms with Crippen LogP contribution >= 0.6 is 0 Å². The molecule has 1 aliphatic heterocycles. The fourth-order valence-electron chi connectivity index (χ4n) is 4.20. The molecule has 0 saturated heterocycles. The summed E-state index contributed by atoms with van der Waals surface area (Å²) in [4.78, 5) is 32.3. The number of amides is 1. The van der Waals surface area contributed by atoms with Crippen molar-refractivity contribution in [3.05, 3.63) is 65.0 Å². The second-order valence-corrected chi connectivity index (χ2v) is 10.1. The van der Waals surface area contributed by atoms with Gasteiger partial charge < -0.3 is 14.2 Å². The van der Waals surface area contributed by atoms with Crippen molar-refractivity contribution < 1.29 is 18.8 Å². The second-order valence-electron chi connectivity index (χ2n) is 10.1. The summed E-state index contributed by atoms with van der Waals surface area (Å²) in [6, 6.07) is 13.8. The molecule has 0 radical (unpaired) electrons. The molecule has 1 aliphatic rings. The first kappa shape index (κ1) is 25.4. The first-order valence-corrected chi connectivity index (χ1v) is 12.0. The molecule has 2 aromatic carbocycles. The largest absolute Gasteiger partial charge is 0.459 e. The van der Waals surface area contributed by atoms with Crippen LogP contribution in [0.3, 0.4) is 0 Å². The lowest BCUT2D eigenvalue weighted by atomic mass is 10.1. The number of hydrogen-bond acceptors (Lipinski definition) is 8. The number of nitrogens with zero attached hydrogens (tertiary/aromatic N) is 5. The Labute approximate surface area is 211 Å². The van der Waals surface area contributed by atoms with Crippen LogP contribution in [0.1, 0.15) is 43.3 Å². The SMILES string of the molecule is Cc1noc(-c2ccc(C)c(N(CC(=O)OC(C)(C)C)CC(=O)N(C)N3Cc4ccccc4C3)c2)n1. The van der Waals surface area contributed by atoms with Crippen LogP contribution < -0.4 is 4.90 Å². The quantitative estimate of drug-likeness (QED) is 0.460. The molecule has 0 spiro atoms. The number of fused-ring (bicyclic) bond motifs is 1. The standard InChI is InChI=1S/C27H33N5O4/c1-18-11-12-20(26-28-19(2)29-36-26)13-23(18)31(17-25(34)35-27(3,4)5)16-24(33)30(6)32-14-21-9-7-8-10-22(21)15-32/h7-13H,14-17H2,1-6H3. The molecule has 0 saturated carbocycles. The van der Waals surface area contributed by atoms with Gasteiger partial charge in [0.1, 0.15) is 12.1 Å². The summed E-state index contributed by atoms with van der Waals surface area (Å²) in [5, 5.41) is 7.52. The summed E-state index contributed by atoms with van der Waals surface area (Å²) in [5.74, 6) is 0.361. The molecule has 190 valence electrons. The van der Waals surface area contributed by atoms with Gasteiger partial charge in [-0.05, 0) is 63.4 Å². The van der Waals surface area contributed by atoms with Crippen molar-refractivity contribution in [3.63, 3.8) is 0 Å². The Morgan fingerprint density at radius 1 is 1.06 bits per heavy atom. The molecular weight excluding hydrogens is 458 g/mol. The van der Waals surface area contributed by atoms with E-state index >= 15 is 0 Å². The molecule has 9 heteroatoms. The van der Waals surface area contributed by atoms with Crippen molar-refractivity contribution in [1.29, 1.82) is 0 Å². The number of carbonyl (C=O) groups excluding carboxylic acids is 2. The van der Waals surface area contributed by atoms with Crippen LogP contribution in [0.2, 0.25) is 0 Å². The Kier molecular flexibility index (Phi) is 7.12. The lowest BCUT2D eigenvalue weighted by molar-refractivity contribution is -0.153. The maximum atomic E-state index is 13.5. The summed E-state index contributed by atoms with van der Waals surface area (Å²) in [6.07, 6.45) is 0. The van der Waals surface area contributed by atoms with E-state index in [1.807, 2.05) is 63.0 Å². The number of aryl methyl sites for hydroxylation is 2. The molecule has 9 nitrogen and oxygen atoms in total. The Hall–Kier alpha value is -3.72. The summed E-state index contributed by atoms with van der Waals surface area (Å²) < 4.78 is 10.9. The van der Waals surface area contributed by atoms with Crippen LogP contribution in [0.15, 0.2) is 47.0 Å². The van der Waals surface area contributed by atoms with E-state index in [0.29, 0.717) is 30.4 Å². The number of benzene rings is 2. The van der Waals surface area contributed by atoms with Gasteiger partial charge in [0, 0.05) is 31.4 Å². The number of anilines is 1. The molecule has 0 bridgehead atoms. The predicted molar refractivity (Wildman–Crippen MR) is 136 cm³/mol. The highest BCUT2D eigenvalue weighted by molar-refractivity contribution is 5.85. The van der Waals surface area contributed by atoms with E-state index in [-0.39, 0.29) is 19.0 Å². The second kappa shape index (κ2) is 10.1. The molecule has 0 unspecified atom stereocenters. The van der Waals surface area contributed by atoms with Crippen LogP contribution in [0.5, 0.6) is 0 Å². The van der Waals surface area contributed by atoms with Gasteiger partial charge in [-0.25, -0.2) is 5.01 Å². The number of hydrazine groups is 1. The zero-order valence-corrected chi connectivity index (χ0v) is 21.7. The van der Waals surface area contributed by atoms with Crippen LogP contribution in [0, 0.1) is 13.8 Å². The Morgan fingerprint density at radius 2 is 1.72 bits per heavy atom. The van der Waals surface area contributed by atoms with Crippen molar-refractivity contribution in [2.45, 2.75) is 53.3 Å². The van der Waals surface area contributed by atoms with Crippen LogP contribution in [0.4, 0.5) is 5.69 Å². The molecule has 1 amide bonds. The third kappa shape index (κ3) is 5.91. The van der Waals surface area contributed by atoms with Gasteiger partial charge in [0.2, 0.25) is 0 Å². The number of hydrogen-bond donors (Lipinski definition) is 0. The molecular formula is C27H33N5O4. The Morgan fingerprint density at radius 3 is 2.31 bits per heavy atom. The van der Waals surface area contributed by atoms with Gasteiger partial charge in [0.15, 0.2) is 5.82 Å². The minimum atomic E-state index is -0.636. The van der Waals surface area contributed by atoms with Gasteiger partial charge in [-0.2, -0.15) is 4.98 Å². The zero-order chi connectivity index (χ0) is 26.0. The maximum absolute atomic E-state index is 13.5. The Balaban J connectivity index is 1.58. The smallest absolute Gasteiger partial charge is 0.326 e. The van der Waals surface area contributed by atoms with E-state index in [9.17, 15) is 9.59 Å². The predicted octanol–water partition coefficient (Wildman–Crippen LogP) is 3.89. The fourth-order valence-corrected chi connectivity index (χ4v) is 4.20. The number of esters is 1. The average molecular weight is 492 g/mol. The maximum Gasteiger partial charge on any atom is 0.326 e. The highest BCUT2D eigenvalue weighted by Crippen LogP contribution is 2.28. The van der Waals surface area contributed by atoms with E-state index < -0.39 is 11.6 Å². The number of aromatic nitrogens is 2. The first-order valence-electron chi connectivity index (χ1n) is 12.0. The number of carbonyl (C=O) groups is 2. The third-order valence-electron chi connectivity index (χ3n) is 6.00. The molecule has 3 aromatic rings. The van der Waals surface area contributed by atoms with Crippen LogP contribution in [0.25, 0.3) is 11.5 Å². The van der Waals surface area contributed by atoms with E-state index in [1.54, 1.807) is 23.9 Å². The molecule has 0 aliphatic carbocycles. The van der Waals surface area contributed by atoms with Gasteiger partial charge >= 0.3 is 5.97 Å². The molecule has 2 heterocycles. The lowest BCUT2D eigenvalue weighted by Gasteiger charge is -2.32. The number of rotatable bonds is 7. The molecule has 1 aromatic heterocycles. The monoisotopic (exact) mass is 491 g/mol. The van der Waals surface area contributed by atoms with Crippen molar-refractivity contribution in [1.82, 2.24) is 20.2 Å². The molecule has 0 N–H and O–H groups in total. The average Bonchev–Trinajstić information content (AvgIpc) is 3.43. The summed E-state index contributed by atoms with van der Waals surface area (Å²) in [5.41, 5.74) is 4.12. The van der Waals surface area contributed by atoms with Crippen LogP contribution in [-0.4, -0.2) is 57.8 Å². The summed E-state index contributed by atoms with van der Waals surface area (Å²) in [6.45, 7) is 10.4. The van der Waals surface area contributed by atoms with Gasteiger partial charge in [0.25, 0.3) is 11.8 Å². The first-order chi connectivity index (χ1) is 17.0. The molecule has 36 heavy (non-hydrogen) atoms. The molecule has 0 atom stereocenters. The van der Waals surface area contributed by atoms with Gasteiger partial charge in [0.05, 0.1) is 6.54 Å². The minimum Gasteiger partial charge on any atom is -0.459 e. The topological polar surface area (TPSA) is 92.0 Å². The van der Waals surface area contributed by atoms with Crippen molar-refractivity contribution >= 4 is 17.6 Å². The highest BCUT2D eigenvalue weighted by Gasteiger charge is 2.28. The van der Waals surface area contributed by atoms with Crippen LogP contribution in [-0.2, 0) is 27.4 Å². The van der Waals surface area contributed by atoms with Gasteiger partial charge in [-0.1, -0.05) is 35.5 Å². The number of ether oxygens (including phenoxy) is 1. The Bertz CT molecular complexity index is 1240. The normalized spacial score (nSPS) is 13.4. The van der Waals surface area contributed by atoms with E-state index in [0.717, 1.165) is 11.3 Å². The molecule has 4 rings (SSSR count). The van der Waals surface area contributed by atoms with E-state index in [1.165, 1.54) is 11.1 Å². The number of likely N-dealkylation sites (N-methyl/N-ethyl adjacent to an activating group) is 1. The zero-order valence-electron chi connectivity index (χ0n) is 21.7. The molecule has 0 fully saturated rings. The van der Waals surface area contributed by atoms with Crippen molar-refractivity contribution in [2.75, 3.05) is 25.0 Å². The van der Waals surface area contributed by atoms with Gasteiger partial charge in [-0.15, -0.1) is 0 Å². The fraction of sp³-hybridized carbons (Fsp3) is 0.407. The summed E-state index contributed by atoms with van der Waals surface area (Å²) >= 11 is 0. The van der Waals surface area contributed by atoms with Crippen molar-refractivity contribution in [3.8, 4) is 11.5 Å². The lowest BCUT2D eigenvalue weighted by Crippen LogP contribution is -2.47. The highest BCUT2D eigenvalue weighted by atomic mass is 16.6.